The number of nitrogens with zero attached hydrogens (tertiary/aromatic N) is 5. The van der Waals surface area contributed by atoms with Crippen LogP contribution in [0.3, 0.4) is 0 Å². The van der Waals surface area contributed by atoms with Crippen LogP contribution in [0.1, 0.15) is 45.0 Å². The summed E-state index contributed by atoms with van der Waals surface area (Å²) in [6.07, 6.45) is 17.7. The van der Waals surface area contributed by atoms with Crippen molar-refractivity contribution in [1.29, 1.82) is 0 Å². The zero-order chi connectivity index (χ0) is 40.5. The number of rotatable bonds is 4. The summed E-state index contributed by atoms with van der Waals surface area (Å²) in [5.74, 6) is 0.0864. The predicted octanol–water partition coefficient (Wildman–Crippen LogP) is 13.1. The maximum atomic E-state index is 12.3. The maximum absolute atomic E-state index is 12.3. The van der Waals surface area contributed by atoms with E-state index in [1.165, 1.54) is 11.1 Å². The molecule has 0 amide bonds. The van der Waals surface area contributed by atoms with E-state index in [4.69, 9.17) is 19.9 Å². The van der Waals surface area contributed by atoms with Gasteiger partial charge < -0.3 is 20.4 Å². The molecule has 295 valence electrons. The molecular formula is C53H42N5NiO. The Morgan fingerprint density at radius 1 is 0.500 bits per heavy atom. The van der Waals surface area contributed by atoms with Gasteiger partial charge in [-0.1, -0.05) is 166 Å². The molecule has 7 aromatic rings. The standard InChI is InChI=1S/C48H36N4O.C5H6N.Ni/c1-28-5-13-32(14-6-28)43-36-27-49-47(48(36)53)46(35-19-11-31(4)12-20-35)42-26-25-41(52-42)45(34-17-9-30(3)10-18-34)40-24-23-39(51-40)44(38-22-21-37(43)50-38)33-15-7-29(2)8-16-33;1-2-4-6-5-3-1;/h5-27,53H,1-4H3;1-4H,5H2;/q-2;-1;+3. The largest absolute Gasteiger partial charge is 3.00 e. The third kappa shape index (κ3) is 7.92. The Morgan fingerprint density at radius 3 is 1.28 bits per heavy atom. The topological polar surface area (TPSA) is 87.1 Å². The number of benzene rings is 4. The molecule has 0 saturated carbocycles. The van der Waals surface area contributed by atoms with E-state index in [1.54, 1.807) is 12.4 Å². The molecule has 1 radical (unpaired) electrons. The Morgan fingerprint density at radius 2 is 0.900 bits per heavy atom. The van der Waals surface area contributed by atoms with Crippen LogP contribution in [-0.2, 0) is 16.5 Å². The van der Waals surface area contributed by atoms with Gasteiger partial charge in [0, 0.05) is 16.9 Å². The van der Waals surface area contributed by atoms with Crippen molar-refractivity contribution < 1.29 is 21.6 Å². The average Bonchev–Trinajstić information content (AvgIpc) is 4.10. The molecule has 1 N–H and O–H groups in total. The van der Waals surface area contributed by atoms with Crippen LogP contribution < -0.4 is 4.98 Å². The van der Waals surface area contributed by atoms with E-state index in [2.05, 4.69) is 148 Å². The van der Waals surface area contributed by atoms with E-state index in [0.717, 1.165) is 90.3 Å². The first-order valence-corrected chi connectivity index (χ1v) is 19.8. The van der Waals surface area contributed by atoms with Crippen LogP contribution in [-0.4, -0.2) is 26.6 Å². The van der Waals surface area contributed by atoms with E-state index in [9.17, 15) is 5.11 Å². The number of hydrogen-bond acceptors (Lipinski definition) is 4. The van der Waals surface area contributed by atoms with Crippen molar-refractivity contribution in [3.63, 3.8) is 0 Å². The molecule has 8 bridgehead atoms. The summed E-state index contributed by atoms with van der Waals surface area (Å²) in [6.45, 7) is 9.18. The monoisotopic (exact) mass is 822 g/mol. The van der Waals surface area contributed by atoms with Gasteiger partial charge in [0.05, 0.1) is 17.1 Å². The van der Waals surface area contributed by atoms with Crippen LogP contribution in [0.25, 0.3) is 96.1 Å². The molecule has 60 heavy (non-hydrogen) atoms. The summed E-state index contributed by atoms with van der Waals surface area (Å²) < 4.78 is 0. The van der Waals surface area contributed by atoms with Gasteiger partial charge in [0.15, 0.2) is 0 Å². The quantitative estimate of drug-likeness (QED) is 0.141. The zero-order valence-corrected chi connectivity index (χ0v) is 34.8. The van der Waals surface area contributed by atoms with Gasteiger partial charge in [0.1, 0.15) is 0 Å². The molecule has 0 atom stereocenters. The Kier molecular flexibility index (Phi) is 11.4. The van der Waals surface area contributed by atoms with Gasteiger partial charge in [-0.25, -0.2) is 0 Å². The number of aromatic hydroxyl groups is 1. The van der Waals surface area contributed by atoms with Crippen molar-refractivity contribution in [1.82, 2.24) is 19.9 Å². The van der Waals surface area contributed by atoms with Crippen LogP contribution >= 0.6 is 0 Å². The second-order valence-electron chi connectivity index (χ2n) is 15.1. The Bertz CT molecular complexity index is 2800. The molecule has 0 fully saturated rings. The Balaban J connectivity index is 0.000000657. The molecular weight excluding hydrogens is 781 g/mol. The molecule has 3 aliphatic rings. The van der Waals surface area contributed by atoms with Crippen molar-refractivity contribution in [3.8, 4) is 50.3 Å². The van der Waals surface area contributed by atoms with Crippen molar-refractivity contribution in [3.05, 3.63) is 190 Å². The minimum Gasteiger partial charge on any atom is -0.687 e. The van der Waals surface area contributed by atoms with Crippen LogP contribution in [0.4, 0.5) is 0 Å². The normalized spacial score (nSPS) is 12.4. The van der Waals surface area contributed by atoms with Gasteiger partial charge >= 0.3 is 16.5 Å². The van der Waals surface area contributed by atoms with Gasteiger partial charge in [0.2, 0.25) is 0 Å². The van der Waals surface area contributed by atoms with E-state index < -0.39 is 0 Å². The molecule has 0 unspecified atom stereocenters. The summed E-state index contributed by atoms with van der Waals surface area (Å²) in [4.78, 5) is 20.9. The molecule has 0 aliphatic carbocycles. The first-order chi connectivity index (χ1) is 28.8. The zero-order valence-electron chi connectivity index (χ0n) is 33.8. The van der Waals surface area contributed by atoms with Gasteiger partial charge in [0.25, 0.3) is 0 Å². The first-order valence-electron chi connectivity index (χ1n) is 19.8. The number of hydrogen-bond donors (Lipinski definition) is 1. The maximum Gasteiger partial charge on any atom is 3.00 e. The number of allylic oxidation sites excluding steroid dienone is 2. The molecule has 4 aromatic carbocycles. The fourth-order valence-corrected chi connectivity index (χ4v) is 7.62. The fraction of sp³-hybridized carbons (Fsp3) is 0.0943. The smallest absolute Gasteiger partial charge is 0.687 e. The number of aromatic nitrogens is 4. The van der Waals surface area contributed by atoms with Crippen LogP contribution in [0.2, 0.25) is 0 Å². The molecule has 3 aromatic heterocycles. The van der Waals surface area contributed by atoms with Gasteiger partial charge in [-0.3, -0.25) is 9.97 Å². The minimum atomic E-state index is 0. The Hall–Kier alpha value is -6.95. The molecule has 3 aliphatic heterocycles. The summed E-state index contributed by atoms with van der Waals surface area (Å²) in [6, 6.07) is 37.8. The SMILES string of the molecule is C1=CC[N-]C=C1.Cc1ccc(-c2c3nc(c(-c4ccc(C)cc4)c4cnc(c(-c5ccc(C)cc5)c5nc(c(-c6ccc(C)cc6)c6ccc2[n-]6)C=C5)[c-]4O)C=C3)cc1.[Ni+3]. The van der Waals surface area contributed by atoms with Gasteiger partial charge in [-0.15, -0.1) is 23.7 Å². The summed E-state index contributed by atoms with van der Waals surface area (Å²) >= 11 is 0. The van der Waals surface area contributed by atoms with Gasteiger partial charge in [-0.2, -0.15) is 6.20 Å². The first kappa shape index (κ1) is 39.9. The second-order valence-corrected chi connectivity index (χ2v) is 15.1. The summed E-state index contributed by atoms with van der Waals surface area (Å²) in [5, 5.41) is 16.8. The minimum absolute atomic E-state index is 0. The van der Waals surface area contributed by atoms with Crippen molar-refractivity contribution in [2.75, 3.05) is 6.54 Å². The van der Waals surface area contributed by atoms with Crippen LogP contribution in [0, 0.1) is 27.7 Å². The molecule has 6 heterocycles. The second kappa shape index (κ2) is 17.1. The van der Waals surface area contributed by atoms with E-state index in [-0.39, 0.29) is 22.2 Å². The number of fused-ring (bicyclic) bond motifs is 8. The summed E-state index contributed by atoms with van der Waals surface area (Å²) in [5.41, 5.74) is 17.1. The van der Waals surface area contributed by atoms with E-state index in [0.29, 0.717) is 16.6 Å². The van der Waals surface area contributed by atoms with E-state index in [1.807, 2.05) is 36.5 Å². The van der Waals surface area contributed by atoms with Gasteiger partial charge in [-0.05, 0) is 86.0 Å². The molecule has 10 rings (SSSR count). The van der Waals surface area contributed by atoms with Crippen molar-refractivity contribution in [2.24, 2.45) is 0 Å². The predicted molar refractivity (Wildman–Crippen MR) is 246 cm³/mol. The average molecular weight is 824 g/mol. The van der Waals surface area contributed by atoms with Crippen LogP contribution in [0.5, 0.6) is 5.75 Å². The van der Waals surface area contributed by atoms with Crippen molar-refractivity contribution >= 4 is 46.2 Å². The molecule has 7 heteroatoms. The third-order valence-corrected chi connectivity index (χ3v) is 10.8. The fourth-order valence-electron chi connectivity index (χ4n) is 7.62. The molecule has 6 nitrogen and oxygen atoms in total. The van der Waals surface area contributed by atoms with Crippen molar-refractivity contribution in [2.45, 2.75) is 27.7 Å². The van der Waals surface area contributed by atoms with Crippen LogP contribution in [0.15, 0.2) is 140 Å². The number of aryl methyl sites for hydroxylation is 4. The molecule has 0 saturated heterocycles. The Labute approximate surface area is 360 Å². The molecule has 0 spiro atoms. The summed E-state index contributed by atoms with van der Waals surface area (Å²) in [7, 11) is 0. The third-order valence-electron chi connectivity index (χ3n) is 10.8. The van der Waals surface area contributed by atoms with E-state index >= 15 is 0 Å².